The number of hydrogen-bond acceptors (Lipinski definition) is 4. The normalized spacial score (nSPS) is 11.5. The third-order valence-corrected chi connectivity index (χ3v) is 5.79. The van der Waals surface area contributed by atoms with Gasteiger partial charge in [-0.3, -0.25) is 4.55 Å². The Bertz CT molecular complexity index is 844. The van der Waals surface area contributed by atoms with Gasteiger partial charge >= 0.3 is 0 Å². The van der Waals surface area contributed by atoms with Crippen LogP contribution in [0.15, 0.2) is 47.4 Å². The maximum absolute atomic E-state index is 11.5. The van der Waals surface area contributed by atoms with E-state index in [-0.39, 0.29) is 10.6 Å². The molecule has 0 saturated carbocycles. The third-order valence-electron chi connectivity index (χ3n) is 4.94. The summed E-state index contributed by atoms with van der Waals surface area (Å²) in [7, 11) is -4.26. The van der Waals surface area contributed by atoms with Crippen molar-refractivity contribution in [3.8, 4) is 17.2 Å². The zero-order valence-corrected chi connectivity index (χ0v) is 18.0. The number of hydrogen-bond donors (Lipinski definition) is 2. The van der Waals surface area contributed by atoms with Gasteiger partial charge in [0.05, 0.1) is 4.90 Å². The first kappa shape index (κ1) is 23.2. The van der Waals surface area contributed by atoms with E-state index < -0.39 is 10.1 Å². The summed E-state index contributed by atoms with van der Waals surface area (Å²) < 4.78 is 38.2. The van der Waals surface area contributed by atoms with Gasteiger partial charge in [0.15, 0.2) is 0 Å². The lowest BCUT2D eigenvalue weighted by molar-refractivity contribution is 0.459. The second-order valence-corrected chi connectivity index (χ2v) is 8.84. The first-order chi connectivity index (χ1) is 13.9. The standard InChI is InChI=1S/C23H32O5S/c1-2-3-4-5-6-7-8-9-10-11-19-18-22(29(25,26)27)16-17-23(19)28-21-14-12-20(24)13-15-21/h12-18,24H,2-11H2,1H3,(H,25,26,27). The number of rotatable bonds is 13. The van der Waals surface area contributed by atoms with Crippen LogP contribution in [0.2, 0.25) is 0 Å². The predicted molar refractivity (Wildman–Crippen MR) is 115 cm³/mol. The maximum atomic E-state index is 11.5. The Morgan fingerprint density at radius 1 is 0.828 bits per heavy atom. The van der Waals surface area contributed by atoms with Crippen LogP contribution in [0.25, 0.3) is 0 Å². The molecule has 2 aromatic carbocycles. The minimum absolute atomic E-state index is 0.124. The predicted octanol–water partition coefficient (Wildman–Crippen LogP) is 6.50. The molecule has 0 heterocycles. The summed E-state index contributed by atoms with van der Waals surface area (Å²) in [6, 6.07) is 10.7. The van der Waals surface area contributed by atoms with E-state index in [4.69, 9.17) is 4.74 Å². The van der Waals surface area contributed by atoms with Gasteiger partial charge in [0.25, 0.3) is 10.1 Å². The number of benzene rings is 2. The van der Waals surface area contributed by atoms with E-state index in [1.807, 2.05) is 0 Å². The van der Waals surface area contributed by atoms with Crippen molar-refractivity contribution in [2.45, 2.75) is 76.0 Å². The molecule has 0 aliphatic rings. The lowest BCUT2D eigenvalue weighted by Gasteiger charge is -2.13. The van der Waals surface area contributed by atoms with Crippen molar-refractivity contribution in [1.82, 2.24) is 0 Å². The van der Waals surface area contributed by atoms with Crippen molar-refractivity contribution in [3.05, 3.63) is 48.0 Å². The molecule has 5 nitrogen and oxygen atoms in total. The lowest BCUT2D eigenvalue weighted by atomic mass is 10.0. The molecule has 0 aliphatic carbocycles. The number of phenols is 1. The Hall–Kier alpha value is -2.05. The SMILES string of the molecule is CCCCCCCCCCCc1cc(S(=O)(=O)O)ccc1Oc1ccc(O)cc1. The second-order valence-electron chi connectivity index (χ2n) is 7.42. The van der Waals surface area contributed by atoms with Gasteiger partial charge in [0, 0.05) is 0 Å². The molecule has 0 atom stereocenters. The average Bonchev–Trinajstić information content (AvgIpc) is 2.68. The molecule has 0 saturated heterocycles. The van der Waals surface area contributed by atoms with Crippen LogP contribution in [-0.2, 0) is 16.5 Å². The minimum Gasteiger partial charge on any atom is -0.508 e. The molecule has 0 amide bonds. The van der Waals surface area contributed by atoms with Crippen molar-refractivity contribution in [1.29, 1.82) is 0 Å². The fourth-order valence-corrected chi connectivity index (χ4v) is 3.81. The molecule has 2 N–H and O–H groups in total. The molecular formula is C23H32O5S. The molecule has 0 fully saturated rings. The third kappa shape index (κ3) is 8.46. The molecular weight excluding hydrogens is 388 g/mol. The van der Waals surface area contributed by atoms with Gasteiger partial charge in [0.1, 0.15) is 17.2 Å². The zero-order chi connectivity index (χ0) is 21.1. The summed E-state index contributed by atoms with van der Waals surface area (Å²) >= 11 is 0. The fourth-order valence-electron chi connectivity index (χ4n) is 3.28. The van der Waals surface area contributed by atoms with Gasteiger partial charge in [-0.05, 0) is 60.9 Å². The molecule has 2 rings (SSSR count). The molecule has 0 unspecified atom stereocenters. The van der Waals surface area contributed by atoms with Crippen LogP contribution in [0, 0.1) is 0 Å². The van der Waals surface area contributed by atoms with Crippen molar-refractivity contribution in [2.24, 2.45) is 0 Å². The van der Waals surface area contributed by atoms with E-state index in [1.165, 1.54) is 62.8 Å². The van der Waals surface area contributed by atoms with Gasteiger partial charge in [0.2, 0.25) is 0 Å². The van der Waals surface area contributed by atoms with Crippen LogP contribution in [-0.4, -0.2) is 18.1 Å². The van der Waals surface area contributed by atoms with Crippen LogP contribution in [0.3, 0.4) is 0 Å². The van der Waals surface area contributed by atoms with Crippen LogP contribution in [0.5, 0.6) is 17.2 Å². The number of phenolic OH excluding ortho intramolecular Hbond substituents is 1. The average molecular weight is 421 g/mol. The number of unbranched alkanes of at least 4 members (excludes halogenated alkanes) is 8. The monoisotopic (exact) mass is 420 g/mol. The Kier molecular flexibility index (Phi) is 9.48. The van der Waals surface area contributed by atoms with Crippen LogP contribution >= 0.6 is 0 Å². The Morgan fingerprint density at radius 3 is 2.00 bits per heavy atom. The molecule has 160 valence electrons. The fraction of sp³-hybridized carbons (Fsp3) is 0.478. The molecule has 0 aliphatic heterocycles. The molecule has 2 aromatic rings. The van der Waals surface area contributed by atoms with E-state index in [1.54, 1.807) is 18.2 Å². The van der Waals surface area contributed by atoms with E-state index in [0.717, 1.165) is 24.8 Å². The van der Waals surface area contributed by atoms with Gasteiger partial charge in [-0.2, -0.15) is 8.42 Å². The van der Waals surface area contributed by atoms with Gasteiger partial charge < -0.3 is 9.84 Å². The summed E-state index contributed by atoms with van der Waals surface area (Å²) in [6.45, 7) is 2.22. The molecule has 0 aromatic heterocycles. The highest BCUT2D eigenvalue weighted by Gasteiger charge is 2.14. The highest BCUT2D eigenvalue weighted by atomic mass is 32.2. The van der Waals surface area contributed by atoms with Crippen molar-refractivity contribution >= 4 is 10.1 Å². The Morgan fingerprint density at radius 2 is 1.41 bits per heavy atom. The van der Waals surface area contributed by atoms with Crippen molar-refractivity contribution in [3.63, 3.8) is 0 Å². The van der Waals surface area contributed by atoms with E-state index in [0.29, 0.717) is 17.9 Å². The topological polar surface area (TPSA) is 83.8 Å². The second kappa shape index (κ2) is 11.8. The molecule has 0 radical (unpaired) electrons. The zero-order valence-electron chi connectivity index (χ0n) is 17.1. The summed E-state index contributed by atoms with van der Waals surface area (Å²) in [5.74, 6) is 1.26. The quantitative estimate of drug-likeness (QED) is 0.285. The number of aryl methyl sites for hydroxylation is 1. The van der Waals surface area contributed by atoms with Gasteiger partial charge in [-0.25, -0.2) is 0 Å². The summed E-state index contributed by atoms with van der Waals surface area (Å²) in [4.78, 5) is -0.124. The molecule has 6 heteroatoms. The summed E-state index contributed by atoms with van der Waals surface area (Å²) in [5, 5.41) is 9.40. The van der Waals surface area contributed by atoms with Crippen LogP contribution in [0.4, 0.5) is 0 Å². The maximum Gasteiger partial charge on any atom is 0.294 e. The van der Waals surface area contributed by atoms with Gasteiger partial charge in [-0.15, -0.1) is 0 Å². The number of aromatic hydroxyl groups is 1. The van der Waals surface area contributed by atoms with E-state index in [9.17, 15) is 18.1 Å². The van der Waals surface area contributed by atoms with Gasteiger partial charge in [-0.1, -0.05) is 58.3 Å². The van der Waals surface area contributed by atoms with Crippen LogP contribution < -0.4 is 4.74 Å². The Labute approximate surface area is 174 Å². The van der Waals surface area contributed by atoms with E-state index >= 15 is 0 Å². The molecule has 0 spiro atoms. The van der Waals surface area contributed by atoms with Crippen LogP contribution in [0.1, 0.15) is 70.3 Å². The highest BCUT2D eigenvalue weighted by molar-refractivity contribution is 7.85. The molecule has 0 bridgehead atoms. The first-order valence-electron chi connectivity index (χ1n) is 10.5. The van der Waals surface area contributed by atoms with Crippen molar-refractivity contribution < 1.29 is 22.8 Å². The minimum atomic E-state index is -4.26. The summed E-state index contributed by atoms with van der Waals surface area (Å²) in [5.41, 5.74) is 0.746. The van der Waals surface area contributed by atoms with Crippen molar-refractivity contribution in [2.75, 3.05) is 0 Å². The Balaban J connectivity index is 1.95. The number of ether oxygens (including phenoxy) is 1. The summed E-state index contributed by atoms with van der Waals surface area (Å²) in [6.07, 6.45) is 11.5. The first-order valence-corrected chi connectivity index (χ1v) is 11.9. The van der Waals surface area contributed by atoms with E-state index in [2.05, 4.69) is 6.92 Å². The highest BCUT2D eigenvalue weighted by Crippen LogP contribution is 2.30. The smallest absolute Gasteiger partial charge is 0.294 e. The largest absolute Gasteiger partial charge is 0.508 e. The lowest BCUT2D eigenvalue weighted by Crippen LogP contribution is -2.01. The molecule has 29 heavy (non-hydrogen) atoms.